The number of benzene rings is 1. The standard InChI is InChI=1S/C25H35N7OS/c1-4-18(3)26-23(33)30-12-14-31(15-13-30)25-29-32-22(27-20-10-5-6-11-20)21(28-24(32)34-25)19-9-7-8-17(2)16-19/h7-9,16,18,20,27H,4-6,10-15H2,1-3H3,(H,26,33)/t18-/m0/s1. The van der Waals surface area contributed by atoms with Gasteiger partial charge in [-0.3, -0.25) is 0 Å². The highest BCUT2D eigenvalue weighted by atomic mass is 32.1. The summed E-state index contributed by atoms with van der Waals surface area (Å²) in [6, 6.07) is 9.24. The molecule has 2 aliphatic rings. The van der Waals surface area contributed by atoms with E-state index >= 15 is 0 Å². The summed E-state index contributed by atoms with van der Waals surface area (Å²) in [6.45, 7) is 9.20. The number of carbonyl (C=O) groups excluding carboxylic acids is 1. The van der Waals surface area contributed by atoms with Crippen LogP contribution in [-0.4, -0.2) is 63.8 Å². The van der Waals surface area contributed by atoms with Crippen LogP contribution in [0.4, 0.5) is 15.7 Å². The first-order valence-corrected chi connectivity index (χ1v) is 13.4. The SMILES string of the molecule is CC[C@H](C)NC(=O)N1CCN(c2nn3c(NC4CCCC4)c(-c4cccc(C)c4)nc3s2)CC1. The summed E-state index contributed by atoms with van der Waals surface area (Å²) in [6.07, 6.45) is 5.87. The second-order valence-corrected chi connectivity index (χ2v) is 10.6. The molecular weight excluding hydrogens is 446 g/mol. The van der Waals surface area contributed by atoms with Crippen molar-refractivity contribution in [1.29, 1.82) is 0 Å². The lowest BCUT2D eigenvalue weighted by molar-refractivity contribution is 0.190. The molecule has 2 fully saturated rings. The lowest BCUT2D eigenvalue weighted by Crippen LogP contribution is -2.53. The van der Waals surface area contributed by atoms with Gasteiger partial charge in [-0.25, -0.2) is 9.78 Å². The Kier molecular flexibility index (Phi) is 6.63. The predicted molar refractivity (Wildman–Crippen MR) is 139 cm³/mol. The molecule has 2 aromatic heterocycles. The van der Waals surface area contributed by atoms with E-state index in [-0.39, 0.29) is 12.1 Å². The summed E-state index contributed by atoms with van der Waals surface area (Å²) in [5, 5.41) is 12.8. The fraction of sp³-hybridized carbons (Fsp3) is 0.560. The van der Waals surface area contributed by atoms with Crippen molar-refractivity contribution in [3.8, 4) is 11.3 Å². The number of imidazole rings is 1. The van der Waals surface area contributed by atoms with Gasteiger partial charge < -0.3 is 20.4 Å². The molecule has 1 atom stereocenters. The van der Waals surface area contributed by atoms with Crippen molar-refractivity contribution in [1.82, 2.24) is 24.8 Å². The van der Waals surface area contributed by atoms with E-state index in [1.807, 2.05) is 16.3 Å². The Morgan fingerprint density at radius 1 is 1.21 bits per heavy atom. The number of nitrogens with one attached hydrogen (secondary N) is 2. The number of piperazine rings is 1. The summed E-state index contributed by atoms with van der Waals surface area (Å²) in [5.41, 5.74) is 3.33. The molecule has 1 aromatic carbocycles. The van der Waals surface area contributed by atoms with Crippen LogP contribution < -0.4 is 15.5 Å². The molecule has 0 spiro atoms. The van der Waals surface area contributed by atoms with Crippen LogP contribution in [0.25, 0.3) is 16.2 Å². The van der Waals surface area contributed by atoms with Crippen LogP contribution in [0.15, 0.2) is 24.3 Å². The summed E-state index contributed by atoms with van der Waals surface area (Å²) in [7, 11) is 0. The molecule has 2 amide bonds. The maximum Gasteiger partial charge on any atom is 0.317 e. The first-order chi connectivity index (χ1) is 16.5. The lowest BCUT2D eigenvalue weighted by atomic mass is 10.1. The van der Waals surface area contributed by atoms with E-state index in [1.54, 1.807) is 11.3 Å². The molecule has 1 aliphatic heterocycles. The van der Waals surface area contributed by atoms with Crippen LogP contribution in [0.1, 0.15) is 51.5 Å². The first kappa shape index (κ1) is 23.0. The molecule has 9 heteroatoms. The van der Waals surface area contributed by atoms with Crippen molar-refractivity contribution in [3.63, 3.8) is 0 Å². The Morgan fingerprint density at radius 2 is 1.97 bits per heavy atom. The van der Waals surface area contributed by atoms with E-state index in [1.165, 1.54) is 31.2 Å². The number of aryl methyl sites for hydroxylation is 1. The van der Waals surface area contributed by atoms with Crippen molar-refractivity contribution >= 4 is 33.3 Å². The van der Waals surface area contributed by atoms with Crippen molar-refractivity contribution < 1.29 is 4.79 Å². The monoisotopic (exact) mass is 481 g/mol. The molecule has 0 radical (unpaired) electrons. The van der Waals surface area contributed by atoms with E-state index in [0.29, 0.717) is 19.1 Å². The Hall–Kier alpha value is -2.81. The minimum Gasteiger partial charge on any atom is -0.365 e. The first-order valence-electron chi connectivity index (χ1n) is 12.6. The van der Waals surface area contributed by atoms with Gasteiger partial charge in [-0.2, -0.15) is 4.52 Å². The largest absolute Gasteiger partial charge is 0.365 e. The van der Waals surface area contributed by atoms with Crippen LogP contribution in [-0.2, 0) is 0 Å². The van der Waals surface area contributed by atoms with Crippen LogP contribution in [0.2, 0.25) is 0 Å². The number of hydrogen-bond donors (Lipinski definition) is 2. The Bertz CT molecular complexity index is 1140. The number of amides is 2. The molecule has 34 heavy (non-hydrogen) atoms. The zero-order valence-corrected chi connectivity index (χ0v) is 21.2. The number of hydrogen-bond acceptors (Lipinski definition) is 6. The summed E-state index contributed by atoms with van der Waals surface area (Å²) >= 11 is 1.63. The molecule has 182 valence electrons. The summed E-state index contributed by atoms with van der Waals surface area (Å²) in [5.74, 6) is 1.00. The molecule has 1 aliphatic carbocycles. The van der Waals surface area contributed by atoms with Crippen LogP contribution >= 0.6 is 11.3 Å². The smallest absolute Gasteiger partial charge is 0.317 e. The van der Waals surface area contributed by atoms with Gasteiger partial charge in [0.05, 0.1) is 0 Å². The van der Waals surface area contributed by atoms with Crippen molar-refractivity contribution in [2.45, 2.75) is 65.0 Å². The van der Waals surface area contributed by atoms with Crippen LogP contribution in [0.3, 0.4) is 0 Å². The quantitative estimate of drug-likeness (QED) is 0.531. The van der Waals surface area contributed by atoms with Gasteiger partial charge in [0.25, 0.3) is 0 Å². The molecule has 5 rings (SSSR count). The average Bonchev–Trinajstić information content (AvgIpc) is 3.57. The zero-order valence-electron chi connectivity index (χ0n) is 20.4. The topological polar surface area (TPSA) is 77.8 Å². The second kappa shape index (κ2) is 9.82. The van der Waals surface area contributed by atoms with Gasteiger partial charge >= 0.3 is 6.03 Å². The molecule has 1 saturated carbocycles. The number of urea groups is 1. The Morgan fingerprint density at radius 3 is 2.68 bits per heavy atom. The fourth-order valence-corrected chi connectivity index (χ4v) is 5.71. The van der Waals surface area contributed by atoms with Crippen molar-refractivity contribution in [2.24, 2.45) is 0 Å². The maximum absolute atomic E-state index is 12.5. The normalized spacial score (nSPS) is 18.0. The molecule has 1 saturated heterocycles. The van der Waals surface area contributed by atoms with Crippen LogP contribution in [0, 0.1) is 6.92 Å². The summed E-state index contributed by atoms with van der Waals surface area (Å²) < 4.78 is 2.00. The number of nitrogens with zero attached hydrogens (tertiary/aromatic N) is 5. The highest BCUT2D eigenvalue weighted by Crippen LogP contribution is 2.35. The minimum atomic E-state index is 0.0359. The van der Waals surface area contributed by atoms with Crippen molar-refractivity contribution in [3.05, 3.63) is 29.8 Å². The maximum atomic E-state index is 12.5. The minimum absolute atomic E-state index is 0.0359. The number of carbonyl (C=O) groups is 1. The molecule has 8 nitrogen and oxygen atoms in total. The van der Waals surface area contributed by atoms with E-state index in [4.69, 9.17) is 10.1 Å². The molecular formula is C25H35N7OS. The lowest BCUT2D eigenvalue weighted by Gasteiger charge is -2.34. The van der Waals surface area contributed by atoms with Gasteiger partial charge in [0, 0.05) is 43.8 Å². The zero-order chi connectivity index (χ0) is 23.7. The third-order valence-electron chi connectivity index (χ3n) is 7.00. The fourth-order valence-electron chi connectivity index (χ4n) is 4.76. The highest BCUT2D eigenvalue weighted by molar-refractivity contribution is 7.20. The third kappa shape index (κ3) is 4.71. The Labute approximate surface area is 205 Å². The van der Waals surface area contributed by atoms with E-state index in [9.17, 15) is 4.79 Å². The molecule has 0 unspecified atom stereocenters. The van der Waals surface area contributed by atoms with E-state index < -0.39 is 0 Å². The van der Waals surface area contributed by atoms with Gasteiger partial charge in [-0.15, -0.1) is 5.10 Å². The highest BCUT2D eigenvalue weighted by Gasteiger charge is 2.27. The van der Waals surface area contributed by atoms with Gasteiger partial charge in [0.1, 0.15) is 5.69 Å². The molecule has 2 N–H and O–H groups in total. The van der Waals surface area contributed by atoms with Gasteiger partial charge in [-0.05, 0) is 39.2 Å². The number of rotatable bonds is 6. The number of anilines is 2. The number of aromatic nitrogens is 3. The third-order valence-corrected chi connectivity index (χ3v) is 7.97. The number of fused-ring (bicyclic) bond motifs is 1. The molecule has 0 bridgehead atoms. The predicted octanol–water partition coefficient (Wildman–Crippen LogP) is 4.75. The molecule has 3 heterocycles. The average molecular weight is 482 g/mol. The van der Waals surface area contributed by atoms with Crippen LogP contribution in [0.5, 0.6) is 0 Å². The van der Waals surface area contributed by atoms with Gasteiger partial charge in [0.2, 0.25) is 10.1 Å². The van der Waals surface area contributed by atoms with Gasteiger partial charge in [0.15, 0.2) is 5.82 Å². The second-order valence-electron chi connectivity index (χ2n) is 9.62. The Balaban J connectivity index is 1.37. The summed E-state index contributed by atoms with van der Waals surface area (Å²) in [4.78, 5) is 22.6. The molecule has 3 aromatic rings. The van der Waals surface area contributed by atoms with E-state index in [2.05, 4.69) is 53.6 Å². The van der Waals surface area contributed by atoms with Crippen molar-refractivity contribution in [2.75, 3.05) is 36.4 Å². The van der Waals surface area contributed by atoms with E-state index in [0.717, 1.165) is 46.7 Å². The van der Waals surface area contributed by atoms with Gasteiger partial charge in [-0.1, -0.05) is 54.9 Å².